The summed E-state index contributed by atoms with van der Waals surface area (Å²) in [5.41, 5.74) is 6.44. The summed E-state index contributed by atoms with van der Waals surface area (Å²) in [6.45, 7) is 5.51. The molecule has 2 N–H and O–H groups in total. The smallest absolute Gasteiger partial charge is 0.475 e. The highest BCUT2D eigenvalue weighted by atomic mass is 19.4. The zero-order chi connectivity index (χ0) is 24.3. The Morgan fingerprint density at radius 2 is 1.97 bits per heavy atom. The van der Waals surface area contributed by atoms with Crippen molar-refractivity contribution in [3.63, 3.8) is 0 Å². The molecule has 1 saturated heterocycles. The van der Waals surface area contributed by atoms with Gasteiger partial charge in [-0.2, -0.15) is 18.7 Å². The highest BCUT2D eigenvalue weighted by Gasteiger charge is 2.42. The Hall–Kier alpha value is -2.96. The number of carbonyl (C=O) groups is 2. The van der Waals surface area contributed by atoms with Crippen LogP contribution in [0.15, 0.2) is 46.6 Å². The zero-order valence-corrected chi connectivity index (χ0v) is 18.4. The third kappa shape index (κ3) is 5.40. The fourth-order valence-electron chi connectivity index (χ4n) is 4.40. The lowest BCUT2D eigenvalue weighted by Crippen LogP contribution is -2.56. The number of rotatable bonds is 4. The molecule has 1 aromatic carbocycles. The second-order valence-electron chi connectivity index (χ2n) is 8.38. The Morgan fingerprint density at radius 1 is 1.24 bits per heavy atom. The first-order valence-corrected chi connectivity index (χ1v) is 11.0. The van der Waals surface area contributed by atoms with Gasteiger partial charge in [-0.1, -0.05) is 30.3 Å². The highest BCUT2D eigenvalue weighted by Crippen LogP contribution is 2.31. The normalized spacial score (nSPS) is 22.7. The predicted octanol–water partition coefficient (Wildman–Crippen LogP) is 1.59. The quantitative estimate of drug-likeness (QED) is 0.674. The van der Waals surface area contributed by atoms with Crippen molar-refractivity contribution < 1.29 is 32.7 Å². The van der Waals surface area contributed by atoms with Crippen molar-refractivity contribution in [2.75, 3.05) is 39.3 Å². The SMILES string of the molecule is O=C(O)C(F)(F)F.O=C1C2=C(CCN(Cc3ccccc3)C2)N2CCN=C2N1CC1CCON1. The second kappa shape index (κ2) is 10.1. The monoisotopic (exact) mass is 481 g/mol. The van der Waals surface area contributed by atoms with Gasteiger partial charge >= 0.3 is 12.1 Å². The molecule has 1 amide bonds. The van der Waals surface area contributed by atoms with E-state index in [4.69, 9.17) is 14.7 Å². The number of nitrogens with zero attached hydrogens (tertiary/aromatic N) is 4. The van der Waals surface area contributed by atoms with Gasteiger partial charge in [0.05, 0.1) is 24.8 Å². The molecule has 9 nitrogen and oxygen atoms in total. The number of hydrogen-bond acceptors (Lipinski definition) is 7. The molecule has 34 heavy (non-hydrogen) atoms. The first-order valence-electron chi connectivity index (χ1n) is 11.0. The topological polar surface area (TPSA) is 97.7 Å². The number of benzene rings is 1. The van der Waals surface area contributed by atoms with E-state index in [9.17, 15) is 18.0 Å². The van der Waals surface area contributed by atoms with Crippen molar-refractivity contribution >= 4 is 17.8 Å². The number of guanidine groups is 1. The third-order valence-corrected chi connectivity index (χ3v) is 6.00. The lowest BCUT2D eigenvalue weighted by Gasteiger charge is -2.42. The fraction of sp³-hybridized carbons (Fsp3) is 0.500. The molecular weight excluding hydrogens is 455 g/mol. The molecule has 12 heteroatoms. The van der Waals surface area contributed by atoms with Crippen LogP contribution in [-0.2, 0) is 21.0 Å². The second-order valence-corrected chi connectivity index (χ2v) is 8.38. The van der Waals surface area contributed by atoms with Crippen LogP contribution in [-0.4, -0.2) is 89.2 Å². The first kappa shape index (κ1) is 24.2. The summed E-state index contributed by atoms with van der Waals surface area (Å²) >= 11 is 0. The molecule has 0 bridgehead atoms. The number of halogens is 3. The minimum absolute atomic E-state index is 0.119. The molecule has 5 rings (SSSR count). The van der Waals surface area contributed by atoms with Gasteiger partial charge in [0.15, 0.2) is 0 Å². The third-order valence-electron chi connectivity index (χ3n) is 6.00. The van der Waals surface area contributed by atoms with Crippen LogP contribution >= 0.6 is 0 Å². The van der Waals surface area contributed by atoms with Crippen molar-refractivity contribution in [2.45, 2.75) is 31.6 Å². The molecular formula is C22H26F3N5O4. The van der Waals surface area contributed by atoms with Crippen molar-refractivity contribution in [2.24, 2.45) is 4.99 Å². The summed E-state index contributed by atoms with van der Waals surface area (Å²) < 4.78 is 31.7. The summed E-state index contributed by atoms with van der Waals surface area (Å²) in [7, 11) is 0. The van der Waals surface area contributed by atoms with E-state index >= 15 is 0 Å². The lowest BCUT2D eigenvalue weighted by atomic mass is 10.00. The number of amides is 1. The van der Waals surface area contributed by atoms with Crippen LogP contribution < -0.4 is 5.48 Å². The number of fused-ring (bicyclic) bond motifs is 2. The number of carboxylic acid groups (broad SMARTS) is 1. The number of alkyl halides is 3. The minimum Gasteiger partial charge on any atom is -0.475 e. The Morgan fingerprint density at radius 3 is 2.62 bits per heavy atom. The van der Waals surface area contributed by atoms with Gasteiger partial charge in [-0.15, -0.1) is 0 Å². The van der Waals surface area contributed by atoms with E-state index in [-0.39, 0.29) is 11.9 Å². The number of carbonyl (C=O) groups excluding carboxylic acids is 1. The van der Waals surface area contributed by atoms with E-state index in [1.807, 2.05) is 11.0 Å². The molecule has 4 heterocycles. The summed E-state index contributed by atoms with van der Waals surface area (Å²) in [4.78, 5) is 38.7. The Kier molecular flexibility index (Phi) is 7.19. The molecule has 4 aliphatic rings. The number of hydroxylamine groups is 1. The molecule has 1 atom stereocenters. The largest absolute Gasteiger partial charge is 0.490 e. The molecule has 184 valence electrons. The van der Waals surface area contributed by atoms with E-state index in [1.54, 1.807) is 0 Å². The Bertz CT molecular complexity index is 977. The molecule has 0 spiro atoms. The predicted molar refractivity (Wildman–Crippen MR) is 115 cm³/mol. The van der Waals surface area contributed by atoms with Crippen molar-refractivity contribution in [1.82, 2.24) is 20.2 Å². The van der Waals surface area contributed by atoms with Gasteiger partial charge in [0, 0.05) is 44.8 Å². The van der Waals surface area contributed by atoms with Crippen molar-refractivity contribution in [3.8, 4) is 0 Å². The number of hydrogen-bond donors (Lipinski definition) is 2. The van der Waals surface area contributed by atoms with Gasteiger partial charge in [-0.25, -0.2) is 4.79 Å². The van der Waals surface area contributed by atoms with Crippen molar-refractivity contribution in [3.05, 3.63) is 47.2 Å². The summed E-state index contributed by atoms with van der Waals surface area (Å²) in [5, 5.41) is 7.12. The van der Waals surface area contributed by atoms with Gasteiger partial charge in [0.25, 0.3) is 5.91 Å². The van der Waals surface area contributed by atoms with Crippen LogP contribution in [0, 0.1) is 0 Å². The average Bonchev–Trinajstić information content (AvgIpc) is 3.49. The molecule has 1 unspecified atom stereocenters. The summed E-state index contributed by atoms with van der Waals surface area (Å²) in [6, 6.07) is 10.6. The van der Waals surface area contributed by atoms with Gasteiger partial charge in [-0.3, -0.25) is 19.6 Å². The standard InChI is InChI=1S/C20H25N5O2.C2HF3O2/c26-19-17-14-23(12-15-4-2-1-3-5-15)9-6-18(17)24-10-8-21-20(24)25(19)13-16-7-11-27-22-16;3-2(4,5)1(6)7/h1-5,16,22H,6-14H2;(H,6,7). The van der Waals surface area contributed by atoms with E-state index in [0.29, 0.717) is 19.7 Å². The molecule has 0 aromatic heterocycles. The van der Waals surface area contributed by atoms with Gasteiger partial charge < -0.3 is 14.8 Å². The van der Waals surface area contributed by atoms with Crippen LogP contribution in [0.2, 0.25) is 0 Å². The van der Waals surface area contributed by atoms with Crippen LogP contribution in [0.1, 0.15) is 18.4 Å². The molecule has 0 radical (unpaired) electrons. The van der Waals surface area contributed by atoms with Crippen LogP contribution in [0.4, 0.5) is 13.2 Å². The average molecular weight is 481 g/mol. The maximum atomic E-state index is 13.4. The molecule has 0 aliphatic carbocycles. The number of aliphatic carboxylic acids is 1. The van der Waals surface area contributed by atoms with Gasteiger partial charge in [-0.05, 0) is 12.0 Å². The molecule has 4 aliphatic heterocycles. The number of nitrogens with one attached hydrogen (secondary N) is 1. The maximum absolute atomic E-state index is 13.4. The zero-order valence-electron chi connectivity index (χ0n) is 18.4. The Balaban J connectivity index is 0.000000344. The minimum atomic E-state index is -5.08. The van der Waals surface area contributed by atoms with Crippen molar-refractivity contribution in [1.29, 1.82) is 0 Å². The number of carboxylic acids is 1. The molecule has 1 fully saturated rings. The van der Waals surface area contributed by atoms with Crippen LogP contribution in [0.25, 0.3) is 0 Å². The number of aliphatic imine (C=N–C) groups is 1. The lowest BCUT2D eigenvalue weighted by molar-refractivity contribution is -0.192. The van der Waals surface area contributed by atoms with Gasteiger partial charge in [0.1, 0.15) is 0 Å². The van der Waals surface area contributed by atoms with Gasteiger partial charge in [0.2, 0.25) is 5.96 Å². The summed E-state index contributed by atoms with van der Waals surface area (Å²) in [5.74, 6) is -1.80. The maximum Gasteiger partial charge on any atom is 0.490 e. The van der Waals surface area contributed by atoms with Crippen LogP contribution in [0.5, 0.6) is 0 Å². The van der Waals surface area contributed by atoms with E-state index < -0.39 is 12.1 Å². The first-order chi connectivity index (χ1) is 16.2. The van der Waals surface area contributed by atoms with E-state index in [0.717, 1.165) is 50.6 Å². The van der Waals surface area contributed by atoms with E-state index in [2.05, 4.69) is 44.5 Å². The van der Waals surface area contributed by atoms with Crippen LogP contribution in [0.3, 0.4) is 0 Å². The fourth-order valence-corrected chi connectivity index (χ4v) is 4.40. The molecule has 1 aromatic rings. The highest BCUT2D eigenvalue weighted by molar-refractivity contribution is 6.10. The van der Waals surface area contributed by atoms with E-state index in [1.165, 1.54) is 11.3 Å². The summed E-state index contributed by atoms with van der Waals surface area (Å²) in [6.07, 6.45) is -3.26. The molecule has 0 saturated carbocycles. The Labute approximate surface area is 194 Å².